The van der Waals surface area contributed by atoms with Crippen LogP contribution in [0.25, 0.3) is 0 Å². The Morgan fingerprint density at radius 2 is 1.89 bits per heavy atom. The number of benzene rings is 1. The van der Waals surface area contributed by atoms with Crippen LogP contribution in [0.3, 0.4) is 0 Å². The molecule has 1 saturated heterocycles. The van der Waals surface area contributed by atoms with E-state index in [1.807, 2.05) is 6.07 Å². The Kier molecular flexibility index (Phi) is 4.44. The monoisotopic (exact) mass is 251 g/mol. The topological polar surface area (TPSA) is 39.7 Å². The van der Waals surface area contributed by atoms with Crippen molar-refractivity contribution in [3.8, 4) is 11.5 Å². The summed E-state index contributed by atoms with van der Waals surface area (Å²) in [4.78, 5) is 0. The molecule has 1 aliphatic rings. The van der Waals surface area contributed by atoms with Gasteiger partial charge >= 0.3 is 0 Å². The SMILES string of the molecule is COCc1cc(OC)c(OC)cc1C1CCNC1. The van der Waals surface area contributed by atoms with Crippen molar-refractivity contribution in [2.45, 2.75) is 18.9 Å². The molecule has 1 atom stereocenters. The predicted octanol–water partition coefficient (Wildman–Crippen LogP) is 1.93. The fourth-order valence-electron chi connectivity index (χ4n) is 2.52. The molecular formula is C14H21NO3. The normalized spacial score (nSPS) is 18.9. The van der Waals surface area contributed by atoms with Crippen LogP contribution in [0.2, 0.25) is 0 Å². The summed E-state index contributed by atoms with van der Waals surface area (Å²) < 4.78 is 16.0. The third kappa shape index (κ3) is 2.60. The first-order valence-corrected chi connectivity index (χ1v) is 6.24. The summed E-state index contributed by atoms with van der Waals surface area (Å²) in [5, 5.41) is 3.39. The Balaban J connectivity index is 2.40. The van der Waals surface area contributed by atoms with E-state index in [2.05, 4.69) is 11.4 Å². The predicted molar refractivity (Wildman–Crippen MR) is 70.5 cm³/mol. The third-order valence-electron chi connectivity index (χ3n) is 3.45. The minimum Gasteiger partial charge on any atom is -0.493 e. The average Bonchev–Trinajstić information content (AvgIpc) is 2.92. The van der Waals surface area contributed by atoms with E-state index in [0.29, 0.717) is 12.5 Å². The summed E-state index contributed by atoms with van der Waals surface area (Å²) in [5.74, 6) is 2.09. The van der Waals surface area contributed by atoms with Crippen molar-refractivity contribution in [3.05, 3.63) is 23.3 Å². The Morgan fingerprint density at radius 3 is 2.44 bits per heavy atom. The molecule has 1 aromatic carbocycles. The quantitative estimate of drug-likeness (QED) is 0.868. The Morgan fingerprint density at radius 1 is 1.17 bits per heavy atom. The number of ether oxygens (including phenoxy) is 3. The maximum absolute atomic E-state index is 5.38. The first-order chi connectivity index (χ1) is 8.80. The van der Waals surface area contributed by atoms with Gasteiger partial charge in [-0.3, -0.25) is 0 Å². The second-order valence-corrected chi connectivity index (χ2v) is 4.53. The average molecular weight is 251 g/mol. The lowest BCUT2D eigenvalue weighted by Gasteiger charge is -2.18. The summed E-state index contributed by atoms with van der Waals surface area (Å²) in [6.45, 7) is 2.70. The van der Waals surface area contributed by atoms with Gasteiger partial charge in [0.15, 0.2) is 11.5 Å². The van der Waals surface area contributed by atoms with Crippen molar-refractivity contribution in [2.24, 2.45) is 0 Å². The molecule has 0 spiro atoms. The highest BCUT2D eigenvalue weighted by Crippen LogP contribution is 2.36. The van der Waals surface area contributed by atoms with E-state index in [1.54, 1.807) is 21.3 Å². The highest BCUT2D eigenvalue weighted by molar-refractivity contribution is 5.48. The molecule has 100 valence electrons. The van der Waals surface area contributed by atoms with Crippen molar-refractivity contribution in [1.82, 2.24) is 5.32 Å². The first kappa shape index (κ1) is 13.2. The molecule has 2 rings (SSSR count). The van der Waals surface area contributed by atoms with Gasteiger partial charge in [-0.1, -0.05) is 0 Å². The molecule has 0 saturated carbocycles. The van der Waals surface area contributed by atoms with Crippen LogP contribution in [-0.4, -0.2) is 34.4 Å². The van der Waals surface area contributed by atoms with Gasteiger partial charge in [0.25, 0.3) is 0 Å². The van der Waals surface area contributed by atoms with Gasteiger partial charge in [0, 0.05) is 13.7 Å². The van der Waals surface area contributed by atoms with Crippen LogP contribution in [-0.2, 0) is 11.3 Å². The lowest BCUT2D eigenvalue weighted by Crippen LogP contribution is -2.10. The lowest BCUT2D eigenvalue weighted by molar-refractivity contribution is 0.183. The zero-order chi connectivity index (χ0) is 13.0. The summed E-state index contributed by atoms with van der Waals surface area (Å²) in [7, 11) is 5.04. The Hall–Kier alpha value is -1.26. The van der Waals surface area contributed by atoms with E-state index < -0.39 is 0 Å². The van der Waals surface area contributed by atoms with Gasteiger partial charge in [-0.2, -0.15) is 0 Å². The van der Waals surface area contributed by atoms with E-state index >= 15 is 0 Å². The number of nitrogens with one attached hydrogen (secondary N) is 1. The van der Waals surface area contributed by atoms with Crippen molar-refractivity contribution in [3.63, 3.8) is 0 Å². The zero-order valence-electron chi connectivity index (χ0n) is 11.3. The van der Waals surface area contributed by atoms with Crippen molar-refractivity contribution in [2.75, 3.05) is 34.4 Å². The number of methoxy groups -OCH3 is 3. The van der Waals surface area contributed by atoms with Gasteiger partial charge in [-0.25, -0.2) is 0 Å². The molecule has 18 heavy (non-hydrogen) atoms. The van der Waals surface area contributed by atoms with Crippen LogP contribution in [0, 0.1) is 0 Å². The number of hydrogen-bond donors (Lipinski definition) is 1. The van der Waals surface area contributed by atoms with E-state index in [4.69, 9.17) is 14.2 Å². The van der Waals surface area contributed by atoms with Crippen LogP contribution in [0.5, 0.6) is 11.5 Å². The van der Waals surface area contributed by atoms with Gasteiger partial charge in [-0.15, -0.1) is 0 Å². The van der Waals surface area contributed by atoms with E-state index in [0.717, 1.165) is 31.0 Å². The Labute approximate surface area is 108 Å². The van der Waals surface area contributed by atoms with Crippen LogP contribution in [0.4, 0.5) is 0 Å². The molecule has 1 unspecified atom stereocenters. The van der Waals surface area contributed by atoms with Gasteiger partial charge in [0.1, 0.15) is 0 Å². The summed E-state index contributed by atoms with van der Waals surface area (Å²) in [6.07, 6.45) is 1.16. The van der Waals surface area contributed by atoms with E-state index in [1.165, 1.54) is 11.1 Å². The molecule has 0 bridgehead atoms. The molecule has 0 aliphatic carbocycles. The molecule has 1 aliphatic heterocycles. The Bertz CT molecular complexity index is 400. The standard InChI is InChI=1S/C14H21NO3/c1-16-9-11-6-13(17-2)14(18-3)7-12(11)10-4-5-15-8-10/h6-7,10,15H,4-5,8-9H2,1-3H3. The molecular weight excluding hydrogens is 230 g/mol. The van der Waals surface area contributed by atoms with Gasteiger partial charge in [-0.05, 0) is 42.1 Å². The summed E-state index contributed by atoms with van der Waals surface area (Å²) in [5.41, 5.74) is 2.49. The second kappa shape index (κ2) is 6.07. The molecule has 1 N–H and O–H groups in total. The van der Waals surface area contributed by atoms with Crippen LogP contribution in [0.1, 0.15) is 23.5 Å². The van der Waals surface area contributed by atoms with E-state index in [9.17, 15) is 0 Å². The second-order valence-electron chi connectivity index (χ2n) is 4.53. The van der Waals surface area contributed by atoms with Crippen LogP contribution < -0.4 is 14.8 Å². The highest BCUT2D eigenvalue weighted by Gasteiger charge is 2.22. The fraction of sp³-hybridized carbons (Fsp3) is 0.571. The smallest absolute Gasteiger partial charge is 0.161 e. The van der Waals surface area contributed by atoms with Crippen molar-refractivity contribution in [1.29, 1.82) is 0 Å². The molecule has 1 heterocycles. The first-order valence-electron chi connectivity index (χ1n) is 6.24. The van der Waals surface area contributed by atoms with Crippen molar-refractivity contribution < 1.29 is 14.2 Å². The van der Waals surface area contributed by atoms with Gasteiger partial charge < -0.3 is 19.5 Å². The minimum atomic E-state index is 0.537. The maximum Gasteiger partial charge on any atom is 0.161 e. The molecule has 0 amide bonds. The number of rotatable bonds is 5. The molecule has 1 aromatic rings. The summed E-state index contributed by atoms with van der Waals surface area (Å²) >= 11 is 0. The maximum atomic E-state index is 5.38. The minimum absolute atomic E-state index is 0.537. The van der Waals surface area contributed by atoms with E-state index in [-0.39, 0.29) is 0 Å². The lowest BCUT2D eigenvalue weighted by atomic mass is 9.93. The highest BCUT2D eigenvalue weighted by atomic mass is 16.5. The van der Waals surface area contributed by atoms with Crippen LogP contribution >= 0.6 is 0 Å². The molecule has 0 radical (unpaired) electrons. The van der Waals surface area contributed by atoms with Crippen LogP contribution in [0.15, 0.2) is 12.1 Å². The van der Waals surface area contributed by atoms with Crippen molar-refractivity contribution >= 4 is 0 Å². The summed E-state index contributed by atoms with van der Waals surface area (Å²) in [6, 6.07) is 4.11. The molecule has 0 aromatic heterocycles. The zero-order valence-corrected chi connectivity index (χ0v) is 11.3. The fourth-order valence-corrected chi connectivity index (χ4v) is 2.52. The van der Waals surface area contributed by atoms with Gasteiger partial charge in [0.05, 0.1) is 20.8 Å². The third-order valence-corrected chi connectivity index (χ3v) is 3.45. The van der Waals surface area contributed by atoms with Gasteiger partial charge in [0.2, 0.25) is 0 Å². The molecule has 1 fully saturated rings. The molecule has 4 heteroatoms. The largest absolute Gasteiger partial charge is 0.493 e. The molecule has 4 nitrogen and oxygen atoms in total. The number of hydrogen-bond acceptors (Lipinski definition) is 4.